The first kappa shape index (κ1) is 16.0. The highest BCUT2D eigenvalue weighted by Crippen LogP contribution is 2.19. The summed E-state index contributed by atoms with van der Waals surface area (Å²) in [5.41, 5.74) is 1.77. The maximum Gasteiger partial charge on any atom is 0.283 e. The molecule has 3 aromatic rings. The van der Waals surface area contributed by atoms with Gasteiger partial charge >= 0.3 is 0 Å². The molecule has 124 valence electrons. The van der Waals surface area contributed by atoms with E-state index in [-0.39, 0.29) is 12.5 Å². The van der Waals surface area contributed by atoms with Crippen molar-refractivity contribution in [2.75, 3.05) is 6.54 Å². The molecule has 0 saturated heterocycles. The molecule has 0 aliphatic carbocycles. The lowest BCUT2D eigenvalue weighted by Crippen LogP contribution is -2.31. The van der Waals surface area contributed by atoms with Gasteiger partial charge in [-0.1, -0.05) is 24.6 Å². The van der Waals surface area contributed by atoms with Crippen molar-refractivity contribution in [2.45, 2.75) is 26.8 Å². The molecule has 0 spiro atoms. The van der Waals surface area contributed by atoms with Crippen LogP contribution in [-0.4, -0.2) is 27.5 Å². The average Bonchev–Trinajstić information content (AvgIpc) is 3.26. The second kappa shape index (κ2) is 7.12. The molecule has 6 nitrogen and oxygen atoms in total. The number of carbonyl (C=O) groups is 1. The number of hydrogen-bond donors (Lipinski definition) is 0. The summed E-state index contributed by atoms with van der Waals surface area (Å²) in [4.78, 5) is 14.4. The Morgan fingerprint density at radius 1 is 1.17 bits per heavy atom. The Labute approximate surface area is 140 Å². The number of carbonyl (C=O) groups excluding carboxylic acids is 1. The zero-order chi connectivity index (χ0) is 16.9. The van der Waals surface area contributed by atoms with E-state index in [0.717, 1.165) is 12.0 Å². The Kier molecular flexibility index (Phi) is 4.74. The molecular weight excluding hydrogens is 306 g/mol. The highest BCUT2D eigenvalue weighted by molar-refractivity contribution is 5.94. The average molecular weight is 325 g/mol. The van der Waals surface area contributed by atoms with Crippen LogP contribution in [0.2, 0.25) is 0 Å². The van der Waals surface area contributed by atoms with Crippen LogP contribution in [0.4, 0.5) is 0 Å². The molecule has 0 atom stereocenters. The summed E-state index contributed by atoms with van der Waals surface area (Å²) in [7, 11) is 0. The summed E-state index contributed by atoms with van der Waals surface area (Å²) in [5.74, 6) is 1.17. The molecule has 0 unspecified atom stereocenters. The number of aromatic nitrogens is 2. The summed E-state index contributed by atoms with van der Waals surface area (Å²) in [6.45, 7) is 4.91. The topological polar surface area (TPSA) is 72.4 Å². The predicted molar refractivity (Wildman–Crippen MR) is 88.2 cm³/mol. The Balaban J connectivity index is 1.76. The first-order chi connectivity index (χ1) is 11.7. The van der Waals surface area contributed by atoms with E-state index in [2.05, 4.69) is 10.2 Å². The van der Waals surface area contributed by atoms with Crippen molar-refractivity contribution in [1.29, 1.82) is 0 Å². The molecule has 0 fully saturated rings. The van der Waals surface area contributed by atoms with E-state index in [9.17, 15) is 4.79 Å². The molecule has 0 bridgehead atoms. The lowest BCUT2D eigenvalue weighted by Gasteiger charge is -2.20. The molecule has 0 aliphatic rings. The van der Waals surface area contributed by atoms with Crippen LogP contribution in [0.25, 0.3) is 11.7 Å². The van der Waals surface area contributed by atoms with Gasteiger partial charge in [0.1, 0.15) is 0 Å². The van der Waals surface area contributed by atoms with E-state index in [1.54, 1.807) is 23.3 Å². The molecule has 1 amide bonds. The first-order valence-corrected chi connectivity index (χ1v) is 7.89. The molecule has 6 heteroatoms. The highest BCUT2D eigenvalue weighted by atomic mass is 16.4. The highest BCUT2D eigenvalue weighted by Gasteiger charge is 2.19. The summed E-state index contributed by atoms with van der Waals surface area (Å²) in [6, 6.07) is 11.0. The molecule has 24 heavy (non-hydrogen) atoms. The third kappa shape index (κ3) is 3.53. The minimum atomic E-state index is -0.0467. The van der Waals surface area contributed by atoms with Crippen molar-refractivity contribution >= 4 is 5.91 Å². The fraction of sp³-hybridized carbons (Fsp3) is 0.278. The second-order valence-electron chi connectivity index (χ2n) is 5.57. The van der Waals surface area contributed by atoms with Gasteiger partial charge < -0.3 is 13.7 Å². The SMILES string of the molecule is CCCN(Cc1nnc(-c2ccco2)o1)C(=O)c1ccc(C)cc1. The minimum Gasteiger partial charge on any atom is -0.459 e. The molecule has 2 heterocycles. The monoisotopic (exact) mass is 325 g/mol. The van der Waals surface area contributed by atoms with Crippen LogP contribution in [0.3, 0.4) is 0 Å². The van der Waals surface area contributed by atoms with Crippen molar-refractivity contribution in [1.82, 2.24) is 15.1 Å². The summed E-state index contributed by atoms with van der Waals surface area (Å²) >= 11 is 0. The van der Waals surface area contributed by atoms with Crippen LogP contribution in [0, 0.1) is 6.92 Å². The smallest absolute Gasteiger partial charge is 0.283 e. The molecule has 0 N–H and O–H groups in total. The number of rotatable bonds is 6. The molecule has 0 aliphatic heterocycles. The summed E-state index contributed by atoms with van der Waals surface area (Å²) in [6.07, 6.45) is 2.39. The number of nitrogens with zero attached hydrogens (tertiary/aromatic N) is 3. The maximum absolute atomic E-state index is 12.7. The van der Waals surface area contributed by atoms with Crippen LogP contribution < -0.4 is 0 Å². The predicted octanol–water partition coefficient (Wildman–Crippen LogP) is 3.69. The zero-order valence-electron chi connectivity index (χ0n) is 13.7. The van der Waals surface area contributed by atoms with Gasteiger partial charge in [0, 0.05) is 12.1 Å². The fourth-order valence-electron chi connectivity index (χ4n) is 2.38. The largest absolute Gasteiger partial charge is 0.459 e. The Bertz CT molecular complexity index is 791. The normalized spacial score (nSPS) is 10.8. The van der Waals surface area contributed by atoms with Crippen molar-refractivity contribution in [3.05, 3.63) is 59.7 Å². The van der Waals surface area contributed by atoms with Gasteiger partial charge in [0.2, 0.25) is 5.89 Å². The van der Waals surface area contributed by atoms with Crippen LogP contribution in [-0.2, 0) is 6.54 Å². The van der Waals surface area contributed by atoms with Crippen LogP contribution in [0.5, 0.6) is 0 Å². The maximum atomic E-state index is 12.7. The van der Waals surface area contributed by atoms with Crippen LogP contribution >= 0.6 is 0 Å². The van der Waals surface area contributed by atoms with Gasteiger partial charge in [-0.25, -0.2) is 0 Å². The van der Waals surface area contributed by atoms with Gasteiger partial charge in [-0.15, -0.1) is 10.2 Å². The van der Waals surface area contributed by atoms with E-state index in [1.165, 1.54) is 0 Å². The van der Waals surface area contributed by atoms with Gasteiger partial charge in [0.05, 0.1) is 12.8 Å². The fourth-order valence-corrected chi connectivity index (χ4v) is 2.38. The van der Waals surface area contributed by atoms with Gasteiger partial charge in [-0.2, -0.15) is 0 Å². The van der Waals surface area contributed by atoms with Crippen LogP contribution in [0.15, 0.2) is 51.5 Å². The molecule has 2 aromatic heterocycles. The van der Waals surface area contributed by atoms with E-state index >= 15 is 0 Å². The third-order valence-corrected chi connectivity index (χ3v) is 3.60. The van der Waals surface area contributed by atoms with E-state index in [0.29, 0.717) is 29.6 Å². The van der Waals surface area contributed by atoms with Crippen molar-refractivity contribution in [3.8, 4) is 11.7 Å². The summed E-state index contributed by atoms with van der Waals surface area (Å²) < 4.78 is 10.8. The minimum absolute atomic E-state index is 0.0467. The molecular formula is C18H19N3O3. The standard InChI is InChI=1S/C18H19N3O3/c1-3-10-21(18(22)14-8-6-13(2)7-9-14)12-16-19-20-17(24-16)15-5-4-11-23-15/h4-9,11H,3,10,12H2,1-2H3. The van der Waals surface area contributed by atoms with E-state index < -0.39 is 0 Å². The second-order valence-corrected chi connectivity index (χ2v) is 5.57. The Hall–Kier alpha value is -2.89. The number of aryl methyl sites for hydroxylation is 1. The third-order valence-electron chi connectivity index (χ3n) is 3.60. The zero-order valence-corrected chi connectivity index (χ0v) is 13.7. The number of amides is 1. The van der Waals surface area contributed by atoms with Crippen molar-refractivity contribution in [3.63, 3.8) is 0 Å². The molecule has 3 rings (SSSR count). The van der Waals surface area contributed by atoms with Gasteiger partial charge in [0.25, 0.3) is 11.8 Å². The van der Waals surface area contributed by atoms with Gasteiger partial charge in [-0.05, 0) is 37.6 Å². The van der Waals surface area contributed by atoms with Gasteiger partial charge in [0.15, 0.2) is 5.76 Å². The quantitative estimate of drug-likeness (QED) is 0.691. The lowest BCUT2D eigenvalue weighted by atomic mass is 10.1. The van der Waals surface area contributed by atoms with E-state index in [4.69, 9.17) is 8.83 Å². The first-order valence-electron chi connectivity index (χ1n) is 7.89. The van der Waals surface area contributed by atoms with Crippen molar-refractivity contribution in [2.24, 2.45) is 0 Å². The van der Waals surface area contributed by atoms with Crippen LogP contribution in [0.1, 0.15) is 35.2 Å². The number of benzene rings is 1. The number of furan rings is 1. The molecule has 0 radical (unpaired) electrons. The molecule has 1 aromatic carbocycles. The Morgan fingerprint density at radius 3 is 2.62 bits per heavy atom. The van der Waals surface area contributed by atoms with Gasteiger partial charge in [-0.3, -0.25) is 4.79 Å². The Morgan fingerprint density at radius 2 is 1.96 bits per heavy atom. The number of hydrogen-bond acceptors (Lipinski definition) is 5. The lowest BCUT2D eigenvalue weighted by molar-refractivity contribution is 0.0728. The van der Waals surface area contributed by atoms with E-state index in [1.807, 2.05) is 38.1 Å². The molecule has 0 saturated carbocycles. The van der Waals surface area contributed by atoms with Crippen molar-refractivity contribution < 1.29 is 13.6 Å². The summed E-state index contributed by atoms with van der Waals surface area (Å²) in [5, 5.41) is 7.98.